The van der Waals surface area contributed by atoms with Crippen molar-refractivity contribution < 1.29 is 22.4 Å². The summed E-state index contributed by atoms with van der Waals surface area (Å²) in [6.45, 7) is 0. The highest BCUT2D eigenvalue weighted by Gasteiger charge is 2.34. The summed E-state index contributed by atoms with van der Waals surface area (Å²) in [7, 11) is 0. The lowest BCUT2D eigenvalue weighted by molar-refractivity contribution is -0.139. The first-order valence-corrected chi connectivity index (χ1v) is 8.53. The monoisotopic (exact) mass is 399 g/mol. The van der Waals surface area contributed by atoms with Gasteiger partial charge in [0.2, 0.25) is 0 Å². The van der Waals surface area contributed by atoms with Crippen LogP contribution in [0, 0.1) is 5.82 Å². The number of hydrogen-bond donors (Lipinski definition) is 1. The van der Waals surface area contributed by atoms with Crippen LogP contribution in [0.1, 0.15) is 15.9 Å². The molecule has 4 nitrogen and oxygen atoms in total. The molecule has 0 unspecified atom stereocenters. The minimum absolute atomic E-state index is 0.154. The molecule has 146 valence electrons. The number of nitrogens with one attached hydrogen (secondary N) is 1. The molecule has 0 saturated heterocycles. The predicted molar refractivity (Wildman–Crippen MR) is 100 cm³/mol. The number of carbonyl (C=O) groups excluding carboxylic acids is 1. The van der Waals surface area contributed by atoms with Gasteiger partial charge in [0.05, 0.1) is 16.6 Å². The molecule has 0 radical (unpaired) electrons. The van der Waals surface area contributed by atoms with Crippen LogP contribution in [-0.4, -0.2) is 15.5 Å². The van der Waals surface area contributed by atoms with E-state index in [-0.39, 0.29) is 11.3 Å². The molecule has 0 spiro atoms. The van der Waals surface area contributed by atoms with Crippen molar-refractivity contribution in [3.63, 3.8) is 0 Å². The Kier molecular flexibility index (Phi) is 4.54. The van der Waals surface area contributed by atoms with Crippen molar-refractivity contribution in [3.05, 3.63) is 90.0 Å². The maximum Gasteiger partial charge on any atom is 0.419 e. The number of amides is 1. The number of imidazole rings is 1. The third-order valence-corrected chi connectivity index (χ3v) is 4.37. The van der Waals surface area contributed by atoms with Crippen LogP contribution in [0.2, 0.25) is 0 Å². The summed E-state index contributed by atoms with van der Waals surface area (Å²) in [6.07, 6.45) is -3.23. The Morgan fingerprint density at radius 1 is 0.966 bits per heavy atom. The van der Waals surface area contributed by atoms with E-state index in [1.807, 2.05) is 34.9 Å². The van der Waals surface area contributed by atoms with Gasteiger partial charge in [-0.15, -0.1) is 0 Å². The summed E-state index contributed by atoms with van der Waals surface area (Å²) < 4.78 is 53.8. The van der Waals surface area contributed by atoms with E-state index < -0.39 is 23.5 Å². The van der Waals surface area contributed by atoms with Crippen molar-refractivity contribution in [2.24, 2.45) is 0 Å². The van der Waals surface area contributed by atoms with Gasteiger partial charge in [0.1, 0.15) is 12.1 Å². The number of nitrogens with zero attached hydrogens (tertiary/aromatic N) is 2. The molecular weight excluding hydrogens is 386 g/mol. The first-order valence-electron chi connectivity index (χ1n) is 8.53. The lowest BCUT2D eigenvalue weighted by Gasteiger charge is -2.11. The molecule has 0 aliphatic rings. The van der Waals surface area contributed by atoms with Gasteiger partial charge in [0, 0.05) is 16.9 Å². The molecule has 1 heterocycles. The summed E-state index contributed by atoms with van der Waals surface area (Å²) in [5.41, 5.74) is 0.850. The van der Waals surface area contributed by atoms with E-state index in [0.29, 0.717) is 17.6 Å². The van der Waals surface area contributed by atoms with Gasteiger partial charge >= 0.3 is 6.18 Å². The summed E-state index contributed by atoms with van der Waals surface area (Å²) >= 11 is 0. The van der Waals surface area contributed by atoms with Gasteiger partial charge in [-0.3, -0.25) is 9.36 Å². The number of halogens is 4. The van der Waals surface area contributed by atoms with Gasteiger partial charge in [-0.25, -0.2) is 9.37 Å². The topological polar surface area (TPSA) is 46.9 Å². The van der Waals surface area contributed by atoms with Crippen molar-refractivity contribution in [1.82, 2.24) is 9.55 Å². The fourth-order valence-corrected chi connectivity index (χ4v) is 2.97. The lowest BCUT2D eigenvalue weighted by atomic mass is 10.1. The highest BCUT2D eigenvalue weighted by molar-refractivity contribution is 6.06. The number of carbonyl (C=O) groups is 1. The first-order chi connectivity index (χ1) is 13.8. The molecule has 8 heteroatoms. The molecule has 0 aliphatic heterocycles. The van der Waals surface area contributed by atoms with E-state index in [1.165, 1.54) is 6.07 Å². The number of aromatic nitrogens is 2. The van der Waals surface area contributed by atoms with Crippen LogP contribution in [0.3, 0.4) is 0 Å². The number of alkyl halides is 3. The van der Waals surface area contributed by atoms with Crippen LogP contribution in [0.15, 0.2) is 73.1 Å². The fourth-order valence-electron chi connectivity index (χ4n) is 2.97. The molecule has 0 fully saturated rings. The van der Waals surface area contributed by atoms with E-state index in [4.69, 9.17) is 0 Å². The van der Waals surface area contributed by atoms with E-state index in [1.54, 1.807) is 18.5 Å². The highest BCUT2D eigenvalue weighted by Crippen LogP contribution is 2.33. The largest absolute Gasteiger partial charge is 0.419 e. The van der Waals surface area contributed by atoms with Crippen molar-refractivity contribution in [3.8, 4) is 5.69 Å². The molecule has 0 aliphatic carbocycles. The molecule has 29 heavy (non-hydrogen) atoms. The van der Waals surface area contributed by atoms with Gasteiger partial charge in [-0.2, -0.15) is 13.2 Å². The Balaban J connectivity index is 1.62. The summed E-state index contributed by atoms with van der Waals surface area (Å²) in [4.78, 5) is 16.7. The molecule has 3 aromatic carbocycles. The Morgan fingerprint density at radius 3 is 2.45 bits per heavy atom. The van der Waals surface area contributed by atoms with Crippen molar-refractivity contribution in [1.29, 1.82) is 0 Å². The number of fused-ring (bicyclic) bond motifs is 1. The molecular formula is C21H13F4N3O. The Hall–Kier alpha value is -3.68. The van der Waals surface area contributed by atoms with E-state index in [2.05, 4.69) is 10.3 Å². The lowest BCUT2D eigenvalue weighted by Crippen LogP contribution is -2.14. The second-order valence-electron chi connectivity index (χ2n) is 6.30. The average Bonchev–Trinajstić information content (AvgIpc) is 3.12. The summed E-state index contributed by atoms with van der Waals surface area (Å²) in [6, 6.07) is 16.6. The van der Waals surface area contributed by atoms with Crippen LogP contribution in [0.4, 0.5) is 23.2 Å². The fraction of sp³-hybridized carbons (Fsp3) is 0.0476. The maximum atomic E-state index is 13.4. The molecule has 1 N–H and O–H groups in total. The molecule has 0 atom stereocenters. The molecule has 1 aromatic heterocycles. The minimum atomic E-state index is -4.85. The molecule has 1 amide bonds. The number of rotatable bonds is 3. The minimum Gasteiger partial charge on any atom is -0.322 e. The Bertz CT molecular complexity index is 1200. The number of anilines is 1. The van der Waals surface area contributed by atoms with Crippen LogP contribution in [0.5, 0.6) is 0 Å². The van der Waals surface area contributed by atoms with Crippen molar-refractivity contribution >= 4 is 22.6 Å². The number of hydrogen-bond acceptors (Lipinski definition) is 2. The van der Waals surface area contributed by atoms with E-state index in [0.717, 1.165) is 17.3 Å². The zero-order valence-corrected chi connectivity index (χ0v) is 14.7. The van der Waals surface area contributed by atoms with Crippen LogP contribution >= 0.6 is 0 Å². The second-order valence-corrected chi connectivity index (χ2v) is 6.30. The normalized spacial score (nSPS) is 11.6. The van der Waals surface area contributed by atoms with Gasteiger partial charge in [0.15, 0.2) is 0 Å². The molecule has 4 rings (SSSR count). The standard InChI is InChI=1S/C21H13F4N3O/c22-17-8-7-14(11-16(17)21(23,24)25)27-20(29)13-6-9-19-18(10-13)26-12-28(19)15-4-2-1-3-5-15/h1-12H,(H,27,29). The van der Waals surface area contributed by atoms with E-state index in [9.17, 15) is 22.4 Å². The van der Waals surface area contributed by atoms with Crippen LogP contribution in [0.25, 0.3) is 16.7 Å². The van der Waals surface area contributed by atoms with Crippen molar-refractivity contribution in [2.45, 2.75) is 6.18 Å². The first kappa shape index (κ1) is 18.7. The van der Waals surface area contributed by atoms with Crippen LogP contribution < -0.4 is 5.32 Å². The Morgan fingerprint density at radius 2 is 1.72 bits per heavy atom. The van der Waals surface area contributed by atoms with Crippen LogP contribution in [-0.2, 0) is 6.18 Å². The number of para-hydroxylation sites is 1. The zero-order chi connectivity index (χ0) is 20.6. The highest BCUT2D eigenvalue weighted by atomic mass is 19.4. The van der Waals surface area contributed by atoms with Gasteiger partial charge < -0.3 is 5.32 Å². The maximum absolute atomic E-state index is 13.4. The quantitative estimate of drug-likeness (QED) is 0.467. The van der Waals surface area contributed by atoms with Gasteiger partial charge in [0.25, 0.3) is 5.91 Å². The Labute approximate surface area is 162 Å². The molecule has 0 saturated carbocycles. The number of benzene rings is 3. The van der Waals surface area contributed by atoms with E-state index >= 15 is 0 Å². The zero-order valence-electron chi connectivity index (χ0n) is 14.7. The summed E-state index contributed by atoms with van der Waals surface area (Å²) in [5, 5.41) is 2.36. The summed E-state index contributed by atoms with van der Waals surface area (Å²) in [5.74, 6) is -2.02. The third-order valence-electron chi connectivity index (χ3n) is 4.37. The van der Waals surface area contributed by atoms with Crippen molar-refractivity contribution in [2.75, 3.05) is 5.32 Å². The SMILES string of the molecule is O=C(Nc1ccc(F)c(C(F)(F)F)c1)c1ccc2c(c1)ncn2-c1ccccc1. The average molecular weight is 399 g/mol. The second kappa shape index (κ2) is 7.05. The molecule has 0 bridgehead atoms. The smallest absolute Gasteiger partial charge is 0.322 e. The van der Waals surface area contributed by atoms with Gasteiger partial charge in [-0.05, 0) is 48.5 Å². The van der Waals surface area contributed by atoms with Gasteiger partial charge in [-0.1, -0.05) is 18.2 Å². The predicted octanol–water partition coefficient (Wildman–Crippen LogP) is 5.44. The molecule has 4 aromatic rings. The third kappa shape index (κ3) is 3.69.